The Morgan fingerprint density at radius 3 is 1.39 bits per heavy atom. The van der Waals surface area contributed by atoms with E-state index in [1.165, 1.54) is 77.0 Å². The van der Waals surface area contributed by atoms with Crippen molar-refractivity contribution in [1.82, 2.24) is 0 Å². The van der Waals surface area contributed by atoms with Crippen LogP contribution in [0.3, 0.4) is 0 Å². The number of hydrogen-bond donors (Lipinski definition) is 1. The number of rotatable bonds is 18. The fourth-order valence-electron chi connectivity index (χ4n) is 3.43. The van der Waals surface area contributed by atoms with Gasteiger partial charge in [0.15, 0.2) is 5.92 Å². The SMILES string of the molecule is CCCCCCCCCCCCCCCCCC(C(=O)O)C(=O)OC(C)(C)C. The van der Waals surface area contributed by atoms with Crippen molar-refractivity contribution in [1.29, 1.82) is 0 Å². The fraction of sp³-hybridized carbons (Fsp3) is 0.917. The molecule has 0 aromatic rings. The third-order valence-electron chi connectivity index (χ3n) is 5.09. The van der Waals surface area contributed by atoms with Crippen molar-refractivity contribution >= 4 is 11.9 Å². The van der Waals surface area contributed by atoms with E-state index < -0.39 is 23.5 Å². The Labute approximate surface area is 173 Å². The molecule has 0 amide bonds. The van der Waals surface area contributed by atoms with Crippen molar-refractivity contribution in [2.75, 3.05) is 0 Å². The van der Waals surface area contributed by atoms with E-state index in [1.54, 1.807) is 20.8 Å². The predicted molar refractivity (Wildman–Crippen MR) is 117 cm³/mol. The highest BCUT2D eigenvalue weighted by Gasteiger charge is 2.30. The zero-order valence-electron chi connectivity index (χ0n) is 19.1. The van der Waals surface area contributed by atoms with Gasteiger partial charge in [-0.2, -0.15) is 0 Å². The summed E-state index contributed by atoms with van der Waals surface area (Å²) in [5.74, 6) is -2.70. The molecule has 0 aromatic heterocycles. The molecule has 0 aliphatic heterocycles. The smallest absolute Gasteiger partial charge is 0.320 e. The molecule has 0 rings (SSSR count). The van der Waals surface area contributed by atoms with Gasteiger partial charge in [-0.05, 0) is 27.2 Å². The molecule has 1 atom stereocenters. The first kappa shape index (κ1) is 26.9. The third kappa shape index (κ3) is 17.1. The summed E-state index contributed by atoms with van der Waals surface area (Å²) in [6, 6.07) is 0. The van der Waals surface area contributed by atoms with E-state index in [4.69, 9.17) is 4.74 Å². The van der Waals surface area contributed by atoms with Crippen LogP contribution in [0.4, 0.5) is 0 Å². The van der Waals surface area contributed by atoms with E-state index in [9.17, 15) is 14.7 Å². The first-order valence-electron chi connectivity index (χ1n) is 11.7. The van der Waals surface area contributed by atoms with Crippen molar-refractivity contribution in [3.63, 3.8) is 0 Å². The van der Waals surface area contributed by atoms with E-state index in [-0.39, 0.29) is 0 Å². The van der Waals surface area contributed by atoms with Crippen molar-refractivity contribution in [2.45, 2.75) is 136 Å². The van der Waals surface area contributed by atoms with Crippen LogP contribution in [0.25, 0.3) is 0 Å². The molecule has 0 spiro atoms. The van der Waals surface area contributed by atoms with Crippen LogP contribution >= 0.6 is 0 Å². The van der Waals surface area contributed by atoms with Crippen LogP contribution in [-0.2, 0) is 14.3 Å². The molecule has 0 radical (unpaired) electrons. The Bertz CT molecular complexity index is 398. The van der Waals surface area contributed by atoms with Gasteiger partial charge in [0.05, 0.1) is 0 Å². The molecule has 4 nitrogen and oxygen atoms in total. The normalized spacial score (nSPS) is 12.7. The van der Waals surface area contributed by atoms with Crippen LogP contribution in [0, 0.1) is 5.92 Å². The fourth-order valence-corrected chi connectivity index (χ4v) is 3.43. The van der Waals surface area contributed by atoms with Gasteiger partial charge in [-0.25, -0.2) is 0 Å². The highest BCUT2D eigenvalue weighted by molar-refractivity contribution is 5.94. The van der Waals surface area contributed by atoms with E-state index >= 15 is 0 Å². The number of esters is 1. The van der Waals surface area contributed by atoms with Crippen molar-refractivity contribution in [3.8, 4) is 0 Å². The summed E-state index contributed by atoms with van der Waals surface area (Å²) in [7, 11) is 0. The van der Waals surface area contributed by atoms with Gasteiger partial charge in [-0.1, -0.05) is 103 Å². The van der Waals surface area contributed by atoms with Gasteiger partial charge >= 0.3 is 11.9 Å². The second-order valence-electron chi connectivity index (χ2n) is 9.16. The summed E-state index contributed by atoms with van der Waals surface area (Å²) in [4.78, 5) is 23.3. The molecule has 1 N–H and O–H groups in total. The zero-order valence-corrected chi connectivity index (χ0v) is 19.1. The van der Waals surface area contributed by atoms with Crippen molar-refractivity contribution in [3.05, 3.63) is 0 Å². The maximum absolute atomic E-state index is 12.0. The van der Waals surface area contributed by atoms with E-state index in [0.717, 1.165) is 19.3 Å². The number of hydrogen-bond acceptors (Lipinski definition) is 3. The van der Waals surface area contributed by atoms with Crippen LogP contribution in [0.1, 0.15) is 130 Å². The molecule has 0 aromatic carbocycles. The number of aliphatic carboxylic acids is 1. The summed E-state index contributed by atoms with van der Waals surface area (Å²) in [6.07, 6.45) is 19.5. The minimum Gasteiger partial charge on any atom is -0.481 e. The highest BCUT2D eigenvalue weighted by Crippen LogP contribution is 2.18. The van der Waals surface area contributed by atoms with Crippen LogP contribution in [-0.4, -0.2) is 22.6 Å². The molecule has 0 saturated carbocycles. The topological polar surface area (TPSA) is 63.6 Å². The second kappa shape index (κ2) is 16.9. The zero-order chi connectivity index (χ0) is 21.3. The number of carbonyl (C=O) groups is 2. The molecule has 4 heteroatoms. The molecule has 0 saturated heterocycles. The number of unbranched alkanes of at least 4 members (excludes halogenated alkanes) is 14. The largest absolute Gasteiger partial charge is 0.481 e. The van der Waals surface area contributed by atoms with E-state index in [0.29, 0.717) is 6.42 Å². The van der Waals surface area contributed by atoms with Crippen molar-refractivity contribution in [2.24, 2.45) is 5.92 Å². The van der Waals surface area contributed by atoms with Gasteiger partial charge in [-0.15, -0.1) is 0 Å². The van der Waals surface area contributed by atoms with Gasteiger partial charge in [0.25, 0.3) is 0 Å². The molecular weight excluding hydrogens is 352 g/mol. The van der Waals surface area contributed by atoms with Gasteiger partial charge < -0.3 is 9.84 Å². The third-order valence-corrected chi connectivity index (χ3v) is 5.09. The second-order valence-corrected chi connectivity index (χ2v) is 9.16. The Balaban J connectivity index is 3.54. The average Bonchev–Trinajstić information content (AvgIpc) is 2.59. The van der Waals surface area contributed by atoms with Gasteiger partial charge in [0, 0.05) is 0 Å². The summed E-state index contributed by atoms with van der Waals surface area (Å²) >= 11 is 0. The molecule has 28 heavy (non-hydrogen) atoms. The Hall–Kier alpha value is -1.06. The van der Waals surface area contributed by atoms with Crippen LogP contribution in [0.5, 0.6) is 0 Å². The number of carboxylic acids is 1. The first-order chi connectivity index (χ1) is 13.3. The number of ether oxygens (including phenoxy) is 1. The van der Waals surface area contributed by atoms with Crippen LogP contribution in [0.15, 0.2) is 0 Å². The van der Waals surface area contributed by atoms with Crippen LogP contribution in [0.2, 0.25) is 0 Å². The summed E-state index contributed by atoms with van der Waals surface area (Å²) in [5, 5.41) is 9.25. The van der Waals surface area contributed by atoms with Gasteiger partial charge in [-0.3, -0.25) is 9.59 Å². The maximum Gasteiger partial charge on any atom is 0.320 e. The lowest BCUT2D eigenvalue weighted by Crippen LogP contribution is -2.32. The molecular formula is C24H46O4. The molecule has 1 unspecified atom stereocenters. The van der Waals surface area contributed by atoms with Crippen molar-refractivity contribution < 1.29 is 19.4 Å². The standard InChI is InChI=1S/C24H46O4/c1-5-6-7-8-9-10-11-12-13-14-15-16-17-18-19-20-21(22(25)26)23(27)28-24(2,3)4/h21H,5-20H2,1-4H3,(H,25,26). The minimum atomic E-state index is -1.07. The van der Waals surface area contributed by atoms with Crippen LogP contribution < -0.4 is 0 Å². The maximum atomic E-state index is 12.0. The minimum absolute atomic E-state index is 0.377. The summed E-state index contributed by atoms with van der Waals surface area (Å²) < 4.78 is 5.22. The first-order valence-corrected chi connectivity index (χ1v) is 11.7. The molecule has 0 aliphatic rings. The summed E-state index contributed by atoms with van der Waals surface area (Å²) in [5.41, 5.74) is -0.639. The lowest BCUT2D eigenvalue weighted by molar-refractivity contribution is -0.167. The lowest BCUT2D eigenvalue weighted by Gasteiger charge is -2.22. The van der Waals surface area contributed by atoms with E-state index in [2.05, 4.69) is 6.92 Å². The number of carbonyl (C=O) groups excluding carboxylic acids is 1. The Morgan fingerprint density at radius 2 is 1.07 bits per heavy atom. The molecule has 0 fully saturated rings. The molecule has 0 bridgehead atoms. The van der Waals surface area contributed by atoms with E-state index in [1.807, 2.05) is 0 Å². The Morgan fingerprint density at radius 1 is 0.714 bits per heavy atom. The van der Waals surface area contributed by atoms with Gasteiger partial charge in [0.1, 0.15) is 5.60 Å². The molecule has 166 valence electrons. The molecule has 0 aliphatic carbocycles. The number of carboxylic acid groups (broad SMARTS) is 1. The lowest BCUT2D eigenvalue weighted by atomic mass is 9.99. The summed E-state index contributed by atoms with van der Waals surface area (Å²) in [6.45, 7) is 7.54. The Kier molecular flexibility index (Phi) is 16.2. The highest BCUT2D eigenvalue weighted by atomic mass is 16.6. The molecule has 0 heterocycles. The predicted octanol–water partition coefficient (Wildman–Crippen LogP) is 7.29. The van der Waals surface area contributed by atoms with Gasteiger partial charge in [0.2, 0.25) is 0 Å². The quantitative estimate of drug-likeness (QED) is 0.149. The monoisotopic (exact) mass is 398 g/mol. The average molecular weight is 399 g/mol.